The predicted octanol–water partition coefficient (Wildman–Crippen LogP) is 2.41. The quantitative estimate of drug-likeness (QED) is 0.397. The molecule has 0 bridgehead atoms. The van der Waals surface area contributed by atoms with E-state index in [0.29, 0.717) is 33.2 Å². The van der Waals surface area contributed by atoms with Crippen LogP contribution >= 0.6 is 11.6 Å². The van der Waals surface area contributed by atoms with E-state index in [1.807, 2.05) is 0 Å². The molecule has 0 saturated heterocycles. The maximum absolute atomic E-state index is 12.5. The molecule has 1 aromatic carbocycles. The highest BCUT2D eigenvalue weighted by Crippen LogP contribution is 2.28. The molecule has 1 aromatic rings. The largest absolute Gasteiger partial charge is 0.623 e. The lowest BCUT2D eigenvalue weighted by molar-refractivity contribution is -0.523. The van der Waals surface area contributed by atoms with Crippen LogP contribution in [0.25, 0.3) is 0 Å². The maximum atomic E-state index is 12.5. The molecule has 1 aliphatic carbocycles. The molecule has 1 heterocycles. The van der Waals surface area contributed by atoms with Gasteiger partial charge >= 0.3 is 5.91 Å². The van der Waals surface area contributed by atoms with E-state index in [9.17, 15) is 20.0 Å². The second-order valence-electron chi connectivity index (χ2n) is 5.95. The van der Waals surface area contributed by atoms with Crippen LogP contribution < -0.4 is 0 Å². The van der Waals surface area contributed by atoms with Gasteiger partial charge in [0, 0.05) is 17.0 Å². The molecule has 1 aliphatic heterocycles. The van der Waals surface area contributed by atoms with Gasteiger partial charge in [-0.1, -0.05) is 18.0 Å². The van der Waals surface area contributed by atoms with Crippen LogP contribution in [0.2, 0.25) is 5.02 Å². The van der Waals surface area contributed by atoms with Gasteiger partial charge < -0.3 is 5.21 Å². The van der Waals surface area contributed by atoms with Crippen LogP contribution in [-0.2, 0) is 4.79 Å². The summed E-state index contributed by atoms with van der Waals surface area (Å²) in [5.74, 6) is -1.13. The normalized spacial score (nSPS) is 24.6. The van der Waals surface area contributed by atoms with Crippen molar-refractivity contribution in [3.8, 4) is 0 Å². The third-order valence-corrected chi connectivity index (χ3v) is 4.78. The number of carbonyl (C=O) groups excluding carboxylic acids is 2. The Morgan fingerprint density at radius 3 is 2.65 bits per heavy atom. The van der Waals surface area contributed by atoms with E-state index in [4.69, 9.17) is 11.6 Å². The summed E-state index contributed by atoms with van der Waals surface area (Å²) in [5.41, 5.74) is 0.175. The molecule has 1 fully saturated rings. The van der Waals surface area contributed by atoms with Crippen LogP contribution in [0.15, 0.2) is 24.3 Å². The first-order valence-corrected chi connectivity index (χ1v) is 8.00. The van der Waals surface area contributed by atoms with Gasteiger partial charge in [-0.15, -0.1) is 0 Å². The maximum Gasteiger partial charge on any atom is 0.339 e. The summed E-state index contributed by atoms with van der Waals surface area (Å²) in [7, 11) is 0. The molecule has 6 nitrogen and oxygen atoms in total. The van der Waals surface area contributed by atoms with Gasteiger partial charge in [0.2, 0.25) is 0 Å². The highest BCUT2D eigenvalue weighted by Gasteiger charge is 2.46. The second kappa shape index (κ2) is 6.29. The molecule has 7 heteroatoms. The van der Waals surface area contributed by atoms with Gasteiger partial charge in [0.05, 0.1) is 0 Å². The fourth-order valence-corrected chi connectivity index (χ4v) is 3.40. The molecule has 0 spiro atoms. The van der Waals surface area contributed by atoms with Crippen molar-refractivity contribution >= 4 is 29.0 Å². The Morgan fingerprint density at radius 1 is 1.30 bits per heavy atom. The summed E-state index contributed by atoms with van der Waals surface area (Å²) in [6, 6.07) is 5.29. The summed E-state index contributed by atoms with van der Waals surface area (Å²) >= 11 is 5.78. The number of Topliss-reactive ketones (excluding diaryl/α,β-unsaturated/α-hetero) is 1. The Labute approximate surface area is 138 Å². The molecule has 1 saturated carbocycles. The van der Waals surface area contributed by atoms with Crippen molar-refractivity contribution in [1.29, 1.82) is 0 Å². The molecule has 2 atom stereocenters. The van der Waals surface area contributed by atoms with Gasteiger partial charge in [-0.05, 0) is 37.1 Å². The van der Waals surface area contributed by atoms with E-state index in [-0.39, 0.29) is 17.9 Å². The number of ketones is 1. The Bertz CT molecular complexity index is 671. The van der Waals surface area contributed by atoms with Crippen LogP contribution in [0.5, 0.6) is 0 Å². The number of amides is 1. The van der Waals surface area contributed by atoms with Crippen molar-refractivity contribution < 1.29 is 19.5 Å². The zero-order valence-corrected chi connectivity index (χ0v) is 13.2. The number of carbonyl (C=O) groups is 2. The second-order valence-corrected chi connectivity index (χ2v) is 6.38. The van der Waals surface area contributed by atoms with Crippen molar-refractivity contribution in [1.82, 2.24) is 5.06 Å². The van der Waals surface area contributed by atoms with E-state index in [1.54, 1.807) is 24.3 Å². The zero-order valence-electron chi connectivity index (χ0n) is 12.4. The third-order valence-electron chi connectivity index (χ3n) is 4.52. The number of benzene rings is 1. The predicted molar refractivity (Wildman–Crippen MR) is 83.7 cm³/mol. The molecular weight excluding hydrogens is 320 g/mol. The number of hydrogen-bond acceptors (Lipinski definition) is 4. The average Bonchev–Trinajstić information content (AvgIpc) is 2.57. The van der Waals surface area contributed by atoms with Gasteiger partial charge in [0.1, 0.15) is 12.5 Å². The molecule has 2 aliphatic rings. The van der Waals surface area contributed by atoms with Gasteiger partial charge in [-0.3, -0.25) is 14.8 Å². The molecule has 0 radical (unpaired) electrons. The lowest BCUT2D eigenvalue weighted by atomic mass is 9.88. The summed E-state index contributed by atoms with van der Waals surface area (Å²) < 4.78 is 0.646. The monoisotopic (exact) mass is 336 g/mol. The third kappa shape index (κ3) is 2.96. The number of hydroxylamine groups is 3. The van der Waals surface area contributed by atoms with Gasteiger partial charge in [0.25, 0.3) is 5.71 Å². The van der Waals surface area contributed by atoms with Gasteiger partial charge in [0.15, 0.2) is 11.8 Å². The van der Waals surface area contributed by atoms with Gasteiger partial charge in [-0.25, -0.2) is 5.06 Å². The van der Waals surface area contributed by atoms with E-state index in [1.165, 1.54) is 0 Å². The minimum atomic E-state index is -0.773. The van der Waals surface area contributed by atoms with Crippen LogP contribution in [0.1, 0.15) is 42.5 Å². The lowest BCUT2D eigenvalue weighted by Crippen LogP contribution is -2.59. The highest BCUT2D eigenvalue weighted by molar-refractivity contribution is 6.40. The molecule has 23 heavy (non-hydrogen) atoms. The summed E-state index contributed by atoms with van der Waals surface area (Å²) in [5, 5.41) is 23.7. The summed E-state index contributed by atoms with van der Waals surface area (Å²) in [6.45, 7) is 0. The number of nitrogens with zero attached hydrogens (tertiary/aromatic N) is 2. The zero-order chi connectivity index (χ0) is 16.6. The number of halogens is 1. The first kappa shape index (κ1) is 16.0. The Kier molecular flexibility index (Phi) is 4.37. The first-order valence-electron chi connectivity index (χ1n) is 7.62. The molecule has 1 N–H and O–H groups in total. The minimum Gasteiger partial charge on any atom is -0.623 e. The molecule has 122 valence electrons. The number of hydrogen-bond donors (Lipinski definition) is 1. The topological polar surface area (TPSA) is 83.7 Å². The Morgan fingerprint density at radius 2 is 1.96 bits per heavy atom. The van der Waals surface area contributed by atoms with Crippen molar-refractivity contribution in [2.24, 2.45) is 0 Å². The van der Waals surface area contributed by atoms with E-state index in [0.717, 1.165) is 12.8 Å². The Hall–Kier alpha value is -1.92. The van der Waals surface area contributed by atoms with E-state index < -0.39 is 18.0 Å². The molecule has 1 amide bonds. The molecule has 3 rings (SSSR count). The van der Waals surface area contributed by atoms with Crippen LogP contribution in [0.4, 0.5) is 0 Å². The first-order chi connectivity index (χ1) is 11.0. The fourth-order valence-electron chi connectivity index (χ4n) is 3.27. The molecule has 0 unspecified atom stereocenters. The summed E-state index contributed by atoms with van der Waals surface area (Å²) in [4.78, 5) is 24.5. The number of rotatable bonds is 3. The van der Waals surface area contributed by atoms with E-state index in [2.05, 4.69) is 0 Å². The van der Waals surface area contributed by atoms with Crippen molar-refractivity contribution in [3.05, 3.63) is 40.1 Å². The number of fused-ring (bicyclic) bond motifs is 1. The Balaban J connectivity index is 1.86. The summed E-state index contributed by atoms with van der Waals surface area (Å²) in [6.07, 6.45) is 2.63. The van der Waals surface area contributed by atoms with E-state index >= 15 is 0 Å². The van der Waals surface area contributed by atoms with Crippen molar-refractivity contribution in [2.45, 2.75) is 44.2 Å². The van der Waals surface area contributed by atoms with Crippen LogP contribution in [-0.4, -0.2) is 44.5 Å². The SMILES string of the molecule is O=C(CC1=[N+]([O-])[C@@H]2CCCC[C@H]2N(O)C1=O)c1ccc(Cl)cc1. The van der Waals surface area contributed by atoms with Crippen molar-refractivity contribution in [3.63, 3.8) is 0 Å². The molecular formula is C16H17ClN2O4. The average molecular weight is 337 g/mol. The molecule has 0 aromatic heterocycles. The highest BCUT2D eigenvalue weighted by atomic mass is 35.5. The standard InChI is InChI=1S/C16H17ClN2O4/c17-11-7-5-10(6-8-11)15(20)9-14-16(21)19(23)13-4-2-1-3-12(13)18(14)22/h5-8,12-13,23H,1-4,9H2/t12-,13-/m1/s1. The van der Waals surface area contributed by atoms with Crippen molar-refractivity contribution in [2.75, 3.05) is 0 Å². The van der Waals surface area contributed by atoms with Gasteiger partial charge in [-0.2, -0.15) is 4.74 Å². The fraction of sp³-hybridized carbons (Fsp3) is 0.438. The minimum absolute atomic E-state index is 0.199. The smallest absolute Gasteiger partial charge is 0.339 e. The van der Waals surface area contributed by atoms with Crippen LogP contribution in [0.3, 0.4) is 0 Å². The lowest BCUT2D eigenvalue weighted by Gasteiger charge is -2.38. The van der Waals surface area contributed by atoms with Crippen LogP contribution in [0, 0.1) is 5.21 Å².